The van der Waals surface area contributed by atoms with E-state index in [1.165, 1.54) is 6.42 Å². The Labute approximate surface area is 159 Å². The Morgan fingerprint density at radius 3 is 2.54 bits per heavy atom. The summed E-state index contributed by atoms with van der Waals surface area (Å²) in [6, 6.07) is 3.75. The Balaban J connectivity index is 1.34. The number of aryl methyl sites for hydroxylation is 1. The van der Waals surface area contributed by atoms with Gasteiger partial charge in [-0.25, -0.2) is 0 Å². The van der Waals surface area contributed by atoms with E-state index < -0.39 is 0 Å². The third-order valence-corrected chi connectivity index (χ3v) is 6.93. The van der Waals surface area contributed by atoms with Gasteiger partial charge in [-0.2, -0.15) is 0 Å². The molecule has 5 nitrogen and oxygen atoms in total. The lowest BCUT2D eigenvalue weighted by Gasteiger charge is -2.59. The maximum Gasteiger partial charge on any atom is 0.242 e. The van der Waals surface area contributed by atoms with Gasteiger partial charge in [0.05, 0.1) is 18.5 Å². The fourth-order valence-electron chi connectivity index (χ4n) is 5.79. The molecule has 2 amide bonds. The molecular formula is C20H27ClN2O3. The summed E-state index contributed by atoms with van der Waals surface area (Å²) in [5.41, 5.74) is -0.358. The Hall–Kier alpha value is -1.49. The topological polar surface area (TPSA) is 62.6 Å². The molecule has 1 N–H and O–H groups in total. The molecule has 0 aromatic carbocycles. The van der Waals surface area contributed by atoms with Crippen LogP contribution in [0, 0.1) is 24.2 Å². The summed E-state index contributed by atoms with van der Waals surface area (Å²) in [5, 5.41) is 2.91. The average molecular weight is 379 g/mol. The van der Waals surface area contributed by atoms with Gasteiger partial charge >= 0.3 is 0 Å². The summed E-state index contributed by atoms with van der Waals surface area (Å²) in [6.07, 6.45) is 5.93. The maximum atomic E-state index is 13.0. The van der Waals surface area contributed by atoms with Crippen LogP contribution >= 0.6 is 11.6 Å². The Bertz CT molecular complexity index is 714. The summed E-state index contributed by atoms with van der Waals surface area (Å²) >= 11 is 6.80. The molecule has 4 atom stereocenters. The fourth-order valence-corrected chi connectivity index (χ4v) is 6.48. The van der Waals surface area contributed by atoms with E-state index in [2.05, 4.69) is 5.32 Å². The van der Waals surface area contributed by atoms with Crippen LogP contribution in [0.25, 0.3) is 0 Å². The van der Waals surface area contributed by atoms with E-state index in [0.29, 0.717) is 18.4 Å². The average Bonchev–Trinajstić information content (AvgIpc) is 2.94. The monoisotopic (exact) mass is 378 g/mol. The highest BCUT2D eigenvalue weighted by Gasteiger charge is 2.60. The molecular weight excluding hydrogens is 352 g/mol. The van der Waals surface area contributed by atoms with Gasteiger partial charge in [-0.3, -0.25) is 9.59 Å². The molecule has 4 aliphatic rings. The summed E-state index contributed by atoms with van der Waals surface area (Å²) in [4.78, 5) is 26.8. The smallest absolute Gasteiger partial charge is 0.242 e. The highest BCUT2D eigenvalue weighted by Crippen LogP contribution is 2.63. The molecule has 1 aromatic rings. The van der Waals surface area contributed by atoms with Crippen molar-refractivity contribution in [2.24, 2.45) is 17.3 Å². The van der Waals surface area contributed by atoms with Gasteiger partial charge < -0.3 is 14.6 Å². The summed E-state index contributed by atoms with van der Waals surface area (Å²) < 4.78 is 5.51. The molecule has 4 bridgehead atoms. The van der Waals surface area contributed by atoms with Gasteiger partial charge in [0, 0.05) is 11.9 Å². The number of rotatable bonds is 5. The molecule has 0 radical (unpaired) electrons. The van der Waals surface area contributed by atoms with Crippen molar-refractivity contribution in [3.63, 3.8) is 0 Å². The van der Waals surface area contributed by atoms with E-state index in [-0.39, 0.29) is 28.6 Å². The van der Waals surface area contributed by atoms with Crippen molar-refractivity contribution in [2.45, 2.75) is 56.9 Å². The lowest BCUT2D eigenvalue weighted by Crippen LogP contribution is -2.59. The first kappa shape index (κ1) is 17.9. The van der Waals surface area contributed by atoms with Crippen molar-refractivity contribution < 1.29 is 14.0 Å². The summed E-state index contributed by atoms with van der Waals surface area (Å²) in [5.74, 6) is 2.62. The van der Waals surface area contributed by atoms with Gasteiger partial charge in [0.1, 0.15) is 11.5 Å². The first-order valence-electron chi connectivity index (χ1n) is 9.53. The van der Waals surface area contributed by atoms with Crippen LogP contribution in [-0.4, -0.2) is 35.2 Å². The third-order valence-electron chi connectivity index (χ3n) is 6.49. The van der Waals surface area contributed by atoms with Crippen LogP contribution in [-0.2, 0) is 16.1 Å². The largest absolute Gasteiger partial charge is 0.464 e. The van der Waals surface area contributed by atoms with Crippen LogP contribution in [0.3, 0.4) is 0 Å². The molecule has 26 heavy (non-hydrogen) atoms. The molecule has 5 rings (SSSR count). The van der Waals surface area contributed by atoms with Crippen LogP contribution in [0.15, 0.2) is 16.5 Å². The second-order valence-corrected chi connectivity index (χ2v) is 9.64. The number of alkyl halides is 1. The van der Waals surface area contributed by atoms with Crippen molar-refractivity contribution in [3.05, 3.63) is 23.7 Å². The number of furan rings is 1. The number of hydrogen-bond acceptors (Lipinski definition) is 3. The highest BCUT2D eigenvalue weighted by atomic mass is 35.5. The van der Waals surface area contributed by atoms with E-state index in [0.717, 1.165) is 43.6 Å². The minimum absolute atomic E-state index is 0.0206. The molecule has 0 aliphatic heterocycles. The molecule has 4 saturated carbocycles. The number of likely N-dealkylation sites (N-methyl/N-ethyl adjacent to an activating group) is 1. The van der Waals surface area contributed by atoms with Crippen molar-refractivity contribution in [3.8, 4) is 0 Å². The Kier molecular flexibility index (Phi) is 4.33. The lowest BCUT2D eigenvalue weighted by molar-refractivity contribution is -0.146. The molecule has 1 heterocycles. The Morgan fingerprint density at radius 2 is 1.96 bits per heavy atom. The number of carbonyl (C=O) groups is 2. The van der Waals surface area contributed by atoms with Crippen LogP contribution < -0.4 is 5.32 Å². The number of hydrogen-bond donors (Lipinski definition) is 1. The first-order valence-corrected chi connectivity index (χ1v) is 9.91. The third kappa shape index (κ3) is 3.26. The lowest BCUT2D eigenvalue weighted by atomic mass is 9.49. The minimum Gasteiger partial charge on any atom is -0.464 e. The van der Waals surface area contributed by atoms with E-state index in [1.54, 1.807) is 11.9 Å². The van der Waals surface area contributed by atoms with Crippen LogP contribution in [0.2, 0.25) is 0 Å². The number of carbonyl (C=O) groups excluding carboxylic acids is 2. The minimum atomic E-state index is -0.358. The van der Waals surface area contributed by atoms with E-state index in [9.17, 15) is 9.59 Å². The maximum absolute atomic E-state index is 13.0. The van der Waals surface area contributed by atoms with Gasteiger partial charge in [-0.1, -0.05) is 0 Å². The molecule has 0 spiro atoms. The molecule has 2 unspecified atom stereocenters. The predicted octanol–water partition coefficient (Wildman–Crippen LogP) is 3.24. The van der Waals surface area contributed by atoms with Crippen molar-refractivity contribution >= 4 is 23.4 Å². The standard InChI is InChI=1S/C20H27ClN2O3/c1-13-3-4-16(26-13)11-23(2)17(24)10-22-18(25)19-6-14-5-15(7-19)9-20(21,8-14)12-19/h3-4,14-15H,5-12H2,1-2H3,(H,22,25)/t14-,15+,19?,20?. The van der Waals surface area contributed by atoms with Gasteiger partial charge in [-0.05, 0) is 69.4 Å². The van der Waals surface area contributed by atoms with Gasteiger partial charge in [0.25, 0.3) is 0 Å². The van der Waals surface area contributed by atoms with E-state index >= 15 is 0 Å². The number of halogens is 1. The molecule has 142 valence electrons. The molecule has 1 aromatic heterocycles. The quantitative estimate of drug-likeness (QED) is 0.800. The summed E-state index contributed by atoms with van der Waals surface area (Å²) in [7, 11) is 1.73. The van der Waals surface area contributed by atoms with E-state index in [1.807, 2.05) is 19.1 Å². The molecule has 0 saturated heterocycles. The van der Waals surface area contributed by atoms with E-state index in [4.69, 9.17) is 16.0 Å². The highest BCUT2D eigenvalue weighted by molar-refractivity contribution is 6.24. The SMILES string of the molecule is Cc1ccc(CN(C)C(=O)CNC(=O)C23C[C@@H]4C[C@@H](CC(Cl)(C4)C2)C3)o1. The number of amides is 2. The predicted molar refractivity (Wildman–Crippen MR) is 98.6 cm³/mol. The van der Waals surface area contributed by atoms with Crippen LogP contribution in [0.4, 0.5) is 0 Å². The summed E-state index contributed by atoms with van der Waals surface area (Å²) in [6.45, 7) is 2.31. The number of nitrogens with one attached hydrogen (secondary N) is 1. The molecule has 6 heteroatoms. The zero-order chi connectivity index (χ0) is 18.5. The fraction of sp³-hybridized carbons (Fsp3) is 0.700. The van der Waals surface area contributed by atoms with Gasteiger partial charge in [-0.15, -0.1) is 11.6 Å². The van der Waals surface area contributed by atoms with Gasteiger partial charge in [0.2, 0.25) is 11.8 Å². The van der Waals surface area contributed by atoms with Crippen LogP contribution in [0.1, 0.15) is 50.0 Å². The van der Waals surface area contributed by atoms with Crippen molar-refractivity contribution in [1.29, 1.82) is 0 Å². The molecule has 4 fully saturated rings. The second-order valence-electron chi connectivity index (χ2n) is 8.84. The van der Waals surface area contributed by atoms with Gasteiger partial charge in [0.15, 0.2) is 0 Å². The Morgan fingerprint density at radius 1 is 1.27 bits per heavy atom. The molecule has 4 aliphatic carbocycles. The zero-order valence-corrected chi connectivity index (χ0v) is 16.3. The normalized spacial score (nSPS) is 34.7. The zero-order valence-electron chi connectivity index (χ0n) is 15.5. The number of nitrogens with zero attached hydrogens (tertiary/aromatic N) is 1. The first-order chi connectivity index (χ1) is 12.3. The van der Waals surface area contributed by atoms with Crippen molar-refractivity contribution in [2.75, 3.05) is 13.6 Å². The second kappa shape index (κ2) is 6.29. The van der Waals surface area contributed by atoms with Crippen molar-refractivity contribution in [1.82, 2.24) is 10.2 Å². The van der Waals surface area contributed by atoms with Crippen LogP contribution in [0.5, 0.6) is 0 Å².